The average molecular weight is 535 g/mol. The smallest absolute Gasteiger partial charge is 0.292 e. The fourth-order valence-corrected chi connectivity index (χ4v) is 6.28. The van der Waals surface area contributed by atoms with Crippen molar-refractivity contribution in [3.05, 3.63) is 72.3 Å². The number of rotatable bonds is 5. The van der Waals surface area contributed by atoms with E-state index in [0.717, 1.165) is 35.4 Å². The molecule has 2 fully saturated rings. The van der Waals surface area contributed by atoms with Crippen molar-refractivity contribution in [1.82, 2.24) is 44.6 Å². The first-order valence-corrected chi connectivity index (χ1v) is 13.2. The summed E-state index contributed by atoms with van der Waals surface area (Å²) in [6.45, 7) is 1.50. The van der Waals surface area contributed by atoms with E-state index in [0.29, 0.717) is 29.7 Å². The lowest BCUT2D eigenvalue weighted by atomic mass is 9.85. The molecule has 2 aliphatic heterocycles. The predicted molar refractivity (Wildman–Crippen MR) is 145 cm³/mol. The molecule has 200 valence electrons. The molecule has 40 heavy (non-hydrogen) atoms. The Balaban J connectivity index is 1.26. The van der Waals surface area contributed by atoms with Crippen LogP contribution in [0, 0.1) is 0 Å². The minimum Gasteiger partial charge on any atom is -0.383 e. The van der Waals surface area contributed by atoms with Crippen LogP contribution in [-0.4, -0.2) is 68.4 Å². The molecule has 5 aromatic rings. The highest BCUT2D eigenvalue weighted by Crippen LogP contribution is 2.45. The molecule has 2 bridgehead atoms. The minimum absolute atomic E-state index is 0.0214. The molecule has 7 rings (SSSR count). The number of aromatic nitrogens is 8. The van der Waals surface area contributed by atoms with E-state index in [-0.39, 0.29) is 41.3 Å². The Hall–Kier alpha value is -5.00. The number of nitrogens with zero attached hydrogens (tertiary/aromatic N) is 8. The first kappa shape index (κ1) is 24.1. The fourth-order valence-electron chi connectivity index (χ4n) is 6.28. The summed E-state index contributed by atoms with van der Waals surface area (Å²) >= 11 is 0. The summed E-state index contributed by atoms with van der Waals surface area (Å²) in [7, 11) is 0. The highest BCUT2D eigenvalue weighted by atomic mass is 16.2. The maximum Gasteiger partial charge on any atom is 0.292 e. The van der Waals surface area contributed by atoms with Crippen molar-refractivity contribution in [2.24, 2.45) is 0 Å². The lowest BCUT2D eigenvalue weighted by Gasteiger charge is -2.38. The lowest BCUT2D eigenvalue weighted by Crippen LogP contribution is -2.46. The molecule has 0 aliphatic carbocycles. The Morgan fingerprint density at radius 3 is 2.48 bits per heavy atom. The van der Waals surface area contributed by atoms with Crippen LogP contribution < -0.4 is 5.73 Å². The van der Waals surface area contributed by atoms with E-state index >= 15 is 0 Å². The van der Waals surface area contributed by atoms with Crippen LogP contribution in [0.15, 0.2) is 55.2 Å². The van der Waals surface area contributed by atoms with E-state index < -0.39 is 0 Å². The first-order chi connectivity index (χ1) is 19.5. The molecule has 0 unspecified atom stereocenters. The van der Waals surface area contributed by atoms with E-state index in [9.17, 15) is 9.59 Å². The van der Waals surface area contributed by atoms with Gasteiger partial charge in [0.05, 0.1) is 28.8 Å². The van der Waals surface area contributed by atoms with Crippen LogP contribution in [0.3, 0.4) is 0 Å². The number of fused-ring (bicyclic) bond motifs is 3. The molecular formula is C28H26N10O2. The standard InChI is InChI=1S/C28H26N10O2/c1-15(39)23-24(17-10-18-6-7-19(11-17)37(18)28(40)26-32-14-33-36-26)35-27-20(13-34-38(27)25(23)29)16-5-8-22(31-12-16)21-4-2-3-9-30-21/h2-5,8-9,12-14,17-19H,6-7,10-11,29H2,1H3,(H,32,33,36)/t17-,18-,19+. The molecule has 2 saturated heterocycles. The van der Waals surface area contributed by atoms with Gasteiger partial charge in [0, 0.05) is 41.5 Å². The quantitative estimate of drug-likeness (QED) is 0.322. The van der Waals surface area contributed by atoms with Crippen molar-refractivity contribution in [2.75, 3.05) is 5.73 Å². The average Bonchev–Trinajstić information content (AvgIpc) is 3.71. The van der Waals surface area contributed by atoms with Gasteiger partial charge in [0.15, 0.2) is 11.4 Å². The van der Waals surface area contributed by atoms with Crippen LogP contribution in [-0.2, 0) is 0 Å². The van der Waals surface area contributed by atoms with Gasteiger partial charge in [0.25, 0.3) is 5.91 Å². The summed E-state index contributed by atoms with van der Waals surface area (Å²) in [5.41, 5.74) is 11.3. The number of Topliss-reactive ketones (excluding diaryl/α,β-unsaturated/α-hetero) is 1. The second-order valence-electron chi connectivity index (χ2n) is 10.4. The molecule has 7 heterocycles. The van der Waals surface area contributed by atoms with Gasteiger partial charge in [-0.2, -0.15) is 9.61 Å². The molecule has 0 aromatic carbocycles. The summed E-state index contributed by atoms with van der Waals surface area (Å²) in [5, 5.41) is 12.2. The maximum absolute atomic E-state index is 13.1. The van der Waals surface area contributed by atoms with E-state index in [1.807, 2.05) is 35.2 Å². The number of hydrogen-bond acceptors (Lipinski definition) is 9. The summed E-state index contributed by atoms with van der Waals surface area (Å²) < 4.78 is 1.53. The number of hydrogen-bond donors (Lipinski definition) is 2. The lowest BCUT2D eigenvalue weighted by molar-refractivity contribution is 0.0556. The summed E-state index contributed by atoms with van der Waals surface area (Å²) in [6.07, 6.45) is 9.76. The van der Waals surface area contributed by atoms with Crippen molar-refractivity contribution in [1.29, 1.82) is 0 Å². The topological polar surface area (TPSA) is 161 Å². The Kier molecular flexibility index (Phi) is 5.61. The van der Waals surface area contributed by atoms with Crippen LogP contribution in [0.1, 0.15) is 65.2 Å². The van der Waals surface area contributed by atoms with Gasteiger partial charge in [0.2, 0.25) is 5.82 Å². The van der Waals surface area contributed by atoms with Crippen molar-refractivity contribution in [3.63, 3.8) is 0 Å². The number of amides is 1. The molecular weight excluding hydrogens is 508 g/mol. The normalized spacial score (nSPS) is 20.2. The molecule has 0 radical (unpaired) electrons. The predicted octanol–water partition coefficient (Wildman–Crippen LogP) is 3.31. The third-order valence-electron chi connectivity index (χ3n) is 8.04. The number of pyridine rings is 2. The SMILES string of the molecule is CC(=O)c1c([C@@H]2C[C@H]3CC[C@@H](C2)N3C(=O)c2nnc[nH]2)nc2c(-c3ccc(-c4ccccn4)nc3)cnn2c1N. The summed E-state index contributed by atoms with van der Waals surface area (Å²) in [4.78, 5) is 44.8. The van der Waals surface area contributed by atoms with Gasteiger partial charge in [-0.1, -0.05) is 12.1 Å². The molecule has 12 heteroatoms. The first-order valence-electron chi connectivity index (χ1n) is 13.2. The molecule has 0 spiro atoms. The number of nitrogen functional groups attached to an aromatic ring is 1. The minimum atomic E-state index is -0.159. The molecule has 1 amide bonds. The Bertz CT molecular complexity index is 1720. The van der Waals surface area contributed by atoms with E-state index in [1.54, 1.807) is 18.6 Å². The zero-order valence-corrected chi connectivity index (χ0v) is 21.7. The number of carbonyl (C=O) groups is 2. The number of aromatic amines is 1. The van der Waals surface area contributed by atoms with Gasteiger partial charge in [-0.05, 0) is 50.8 Å². The monoisotopic (exact) mass is 534 g/mol. The largest absolute Gasteiger partial charge is 0.383 e. The number of piperidine rings is 1. The fraction of sp³-hybridized carbons (Fsp3) is 0.286. The Morgan fingerprint density at radius 2 is 1.82 bits per heavy atom. The molecule has 3 atom stereocenters. The highest BCUT2D eigenvalue weighted by molar-refractivity contribution is 6.00. The Morgan fingerprint density at radius 1 is 1.02 bits per heavy atom. The van der Waals surface area contributed by atoms with E-state index in [2.05, 4.69) is 30.2 Å². The van der Waals surface area contributed by atoms with Crippen molar-refractivity contribution in [3.8, 4) is 22.5 Å². The van der Waals surface area contributed by atoms with E-state index in [1.165, 1.54) is 17.8 Å². The van der Waals surface area contributed by atoms with E-state index in [4.69, 9.17) is 10.7 Å². The van der Waals surface area contributed by atoms with Gasteiger partial charge in [-0.25, -0.2) is 4.98 Å². The Labute approximate surface area is 228 Å². The second-order valence-corrected chi connectivity index (χ2v) is 10.4. The van der Waals surface area contributed by atoms with Crippen LogP contribution in [0.2, 0.25) is 0 Å². The van der Waals surface area contributed by atoms with Gasteiger partial charge in [-0.15, -0.1) is 10.2 Å². The van der Waals surface area contributed by atoms with Gasteiger partial charge >= 0.3 is 0 Å². The van der Waals surface area contributed by atoms with Crippen LogP contribution >= 0.6 is 0 Å². The van der Waals surface area contributed by atoms with Crippen LogP contribution in [0.4, 0.5) is 5.82 Å². The molecule has 3 N–H and O–H groups in total. The van der Waals surface area contributed by atoms with Crippen molar-refractivity contribution < 1.29 is 9.59 Å². The van der Waals surface area contributed by atoms with Gasteiger partial charge < -0.3 is 15.6 Å². The van der Waals surface area contributed by atoms with Gasteiger partial charge in [-0.3, -0.25) is 19.6 Å². The van der Waals surface area contributed by atoms with Gasteiger partial charge in [0.1, 0.15) is 12.1 Å². The molecule has 2 aliphatic rings. The number of anilines is 1. The highest BCUT2D eigenvalue weighted by Gasteiger charge is 2.45. The number of H-pyrrole nitrogens is 1. The molecule has 12 nitrogen and oxygen atoms in total. The van der Waals surface area contributed by atoms with Crippen molar-refractivity contribution >= 4 is 23.2 Å². The van der Waals surface area contributed by atoms with Crippen LogP contribution in [0.25, 0.3) is 28.2 Å². The van der Waals surface area contributed by atoms with Crippen molar-refractivity contribution in [2.45, 2.75) is 50.6 Å². The number of ketones is 1. The third-order valence-corrected chi connectivity index (χ3v) is 8.04. The summed E-state index contributed by atoms with van der Waals surface area (Å²) in [6, 6.07) is 9.61. The number of nitrogens with two attached hydrogens (primary N) is 1. The zero-order chi connectivity index (χ0) is 27.4. The number of carbonyl (C=O) groups excluding carboxylic acids is 2. The summed E-state index contributed by atoms with van der Waals surface area (Å²) in [5.74, 6) is 0.181. The number of nitrogens with one attached hydrogen (secondary N) is 1. The van der Waals surface area contributed by atoms with Crippen LogP contribution in [0.5, 0.6) is 0 Å². The third kappa shape index (κ3) is 3.82. The molecule has 0 saturated carbocycles. The second kappa shape index (κ2) is 9.33. The molecule has 5 aromatic heterocycles. The maximum atomic E-state index is 13.1. The zero-order valence-electron chi connectivity index (χ0n) is 21.7.